The molecule has 0 heterocycles. The number of hydrogen-bond donors (Lipinski definition) is 2. The Bertz CT molecular complexity index is 32.6. The molecule has 0 radical (unpaired) electrons. The van der Waals surface area contributed by atoms with Crippen molar-refractivity contribution >= 4 is 8.18 Å². The average molecular weight is 140 g/mol. The van der Waals surface area contributed by atoms with Crippen LogP contribution >= 0.6 is 8.18 Å². The molecule has 0 saturated heterocycles. The number of rotatable bonds is 0. The van der Waals surface area contributed by atoms with Gasteiger partial charge in [0.25, 0.3) is 8.18 Å². The molecule has 0 bridgehead atoms. The normalized spacial score (nSPS) is 12.4. The minimum atomic E-state index is -2.63. The molecular formula is H4NNiO2P. The molecule has 3 nitrogen and oxygen atoms in total. The van der Waals surface area contributed by atoms with E-state index >= 15 is 0 Å². The van der Waals surface area contributed by atoms with Gasteiger partial charge in [-0.3, -0.25) is 10.1 Å². The van der Waals surface area contributed by atoms with E-state index in [4.69, 9.17) is 9.46 Å². The Labute approximate surface area is 40.4 Å². The van der Waals surface area contributed by atoms with Gasteiger partial charge in [0.15, 0.2) is 0 Å². The van der Waals surface area contributed by atoms with E-state index in [0.29, 0.717) is 0 Å². The second-order valence-corrected chi connectivity index (χ2v) is 1.01. The second kappa shape index (κ2) is 4.64. The van der Waals surface area contributed by atoms with Gasteiger partial charge in [-0.05, 0) is 0 Å². The van der Waals surface area contributed by atoms with Gasteiger partial charge >= 0.3 is 0 Å². The molecule has 0 amide bonds. The third-order valence-electron chi connectivity index (χ3n) is 0. The van der Waals surface area contributed by atoms with E-state index in [9.17, 15) is 0 Å². The molecule has 0 aliphatic rings. The topological polar surface area (TPSA) is 63.3 Å². The third-order valence-corrected chi connectivity index (χ3v) is 0. The molecule has 0 aromatic rings. The van der Waals surface area contributed by atoms with Crippen molar-refractivity contribution in [3.8, 4) is 0 Å². The van der Waals surface area contributed by atoms with Gasteiger partial charge in [0.1, 0.15) is 0 Å². The van der Waals surface area contributed by atoms with Gasteiger partial charge in [-0.2, -0.15) is 0 Å². The fourth-order valence-corrected chi connectivity index (χ4v) is 0. The number of hydrogen-bond acceptors (Lipinski definition) is 1. The Hall–Kier alpha value is 0.644. The summed E-state index contributed by atoms with van der Waals surface area (Å²) in [5.41, 5.74) is 4.21. The van der Waals surface area contributed by atoms with Crippen LogP contribution in [0.1, 0.15) is 0 Å². The summed E-state index contributed by atoms with van der Waals surface area (Å²) >= 11 is 0. The Kier molecular flexibility index (Phi) is 8.51. The first kappa shape index (κ1) is 9.17. The smallest absolute Gasteiger partial charge is 0.253 e. The summed E-state index contributed by atoms with van der Waals surface area (Å²) in [5, 5.41) is 0. The summed E-state index contributed by atoms with van der Waals surface area (Å²) in [6.07, 6.45) is 0. The van der Waals surface area contributed by atoms with Crippen LogP contribution in [-0.4, -0.2) is 4.89 Å². The van der Waals surface area contributed by atoms with Gasteiger partial charge in [0, 0.05) is 16.5 Å². The summed E-state index contributed by atoms with van der Waals surface area (Å²) in [5.74, 6) is 0. The first-order valence-corrected chi connectivity index (χ1v) is 2.15. The third kappa shape index (κ3) is 78.4. The Balaban J connectivity index is 0. The van der Waals surface area contributed by atoms with Crippen molar-refractivity contribution in [3.63, 3.8) is 0 Å². The molecule has 0 aromatic heterocycles. The molecule has 5 heavy (non-hydrogen) atoms. The van der Waals surface area contributed by atoms with Gasteiger partial charge in [0.2, 0.25) is 0 Å². The molecule has 0 fully saturated rings. The molecule has 3 N–H and O–H groups in total. The van der Waals surface area contributed by atoms with E-state index in [0.717, 1.165) is 0 Å². The first-order valence-electron chi connectivity index (χ1n) is 0.716. The largest absolute Gasteiger partial charge is 0.336 e. The van der Waals surface area contributed by atoms with Crippen molar-refractivity contribution in [3.05, 3.63) is 0 Å². The zero-order valence-corrected chi connectivity index (χ0v) is 4.24. The fraction of sp³-hybridized carbons (Fsp3) is 0. The van der Waals surface area contributed by atoms with E-state index in [1.807, 2.05) is 0 Å². The summed E-state index contributed by atoms with van der Waals surface area (Å²) in [6, 6.07) is 0. The Morgan fingerprint density at radius 1 is 1.80 bits per heavy atom. The van der Waals surface area contributed by atoms with Crippen LogP contribution in [0.2, 0.25) is 0 Å². The van der Waals surface area contributed by atoms with Gasteiger partial charge in [-0.15, -0.1) is 0 Å². The maximum atomic E-state index is 8.96. The van der Waals surface area contributed by atoms with Gasteiger partial charge in [0.05, 0.1) is 0 Å². The molecule has 0 saturated carbocycles. The summed E-state index contributed by atoms with van der Waals surface area (Å²) in [6.45, 7) is 0. The predicted molar refractivity (Wildman–Crippen MR) is 15.4 cm³/mol. The van der Waals surface area contributed by atoms with Crippen molar-refractivity contribution in [1.29, 1.82) is 0 Å². The summed E-state index contributed by atoms with van der Waals surface area (Å²) in [4.78, 5) is 7.38. The standard InChI is InChI=1S/H4NO2P.Ni/c1-4(2)3;/h4H,(H3,1,2,3);. The van der Waals surface area contributed by atoms with Crippen LogP contribution < -0.4 is 5.50 Å². The van der Waals surface area contributed by atoms with Crippen molar-refractivity contribution < 1.29 is 25.9 Å². The van der Waals surface area contributed by atoms with Crippen LogP contribution in [0.5, 0.6) is 0 Å². The maximum absolute atomic E-state index is 8.96. The molecule has 0 aromatic carbocycles. The quantitative estimate of drug-likeness (QED) is 0.346. The van der Waals surface area contributed by atoms with Crippen molar-refractivity contribution in [2.75, 3.05) is 0 Å². The summed E-state index contributed by atoms with van der Waals surface area (Å²) < 4.78 is 8.96. The SMILES string of the molecule is N[PH](=O)O.[Ni]. The monoisotopic (exact) mass is 139 g/mol. The fourth-order valence-electron chi connectivity index (χ4n) is 0. The predicted octanol–water partition coefficient (Wildman–Crippen LogP) is -0.675. The minimum Gasteiger partial charge on any atom is -0.336 e. The van der Waals surface area contributed by atoms with E-state index in [1.165, 1.54) is 0 Å². The average Bonchev–Trinajstić information content (AvgIpc) is 0.811. The van der Waals surface area contributed by atoms with Crippen molar-refractivity contribution in [1.82, 2.24) is 0 Å². The molecule has 36 valence electrons. The molecular weight excluding hydrogens is 136 g/mol. The van der Waals surface area contributed by atoms with Crippen molar-refractivity contribution in [2.45, 2.75) is 0 Å². The minimum absolute atomic E-state index is 0. The van der Waals surface area contributed by atoms with Crippen LogP contribution in [0.25, 0.3) is 0 Å². The summed E-state index contributed by atoms with van der Waals surface area (Å²) in [7, 11) is -2.63. The molecule has 0 aliphatic carbocycles. The van der Waals surface area contributed by atoms with Gasteiger partial charge < -0.3 is 4.89 Å². The molecule has 0 aliphatic heterocycles. The second-order valence-electron chi connectivity index (χ2n) is 0.338. The Morgan fingerprint density at radius 2 is 1.80 bits per heavy atom. The van der Waals surface area contributed by atoms with Crippen LogP contribution in [0.15, 0.2) is 0 Å². The van der Waals surface area contributed by atoms with Crippen LogP contribution in [-0.2, 0) is 21.1 Å². The van der Waals surface area contributed by atoms with Crippen molar-refractivity contribution in [2.24, 2.45) is 5.50 Å². The van der Waals surface area contributed by atoms with Gasteiger partial charge in [-0.1, -0.05) is 0 Å². The van der Waals surface area contributed by atoms with Crippen LogP contribution in [0.4, 0.5) is 0 Å². The van der Waals surface area contributed by atoms with Crippen LogP contribution in [0.3, 0.4) is 0 Å². The maximum Gasteiger partial charge on any atom is 0.253 e. The molecule has 0 rings (SSSR count). The first-order chi connectivity index (χ1) is 1.73. The van der Waals surface area contributed by atoms with E-state index in [1.54, 1.807) is 0 Å². The van der Waals surface area contributed by atoms with E-state index in [-0.39, 0.29) is 16.5 Å². The van der Waals surface area contributed by atoms with Crippen LogP contribution in [0, 0.1) is 0 Å². The Morgan fingerprint density at radius 3 is 1.80 bits per heavy atom. The zero-order valence-electron chi connectivity index (χ0n) is 2.25. The molecule has 1 atom stereocenters. The number of nitrogens with two attached hydrogens (primary N) is 1. The van der Waals surface area contributed by atoms with E-state index < -0.39 is 8.18 Å². The van der Waals surface area contributed by atoms with E-state index in [2.05, 4.69) is 5.50 Å². The zero-order chi connectivity index (χ0) is 3.58. The molecule has 0 spiro atoms. The molecule has 1 unspecified atom stereocenters. The molecule has 5 heteroatoms. The van der Waals surface area contributed by atoms with Gasteiger partial charge in [-0.25, -0.2) is 0 Å².